The number of rotatable bonds is 5. The minimum Gasteiger partial charge on any atom is -0.345 e. The molecule has 0 bridgehead atoms. The van der Waals surface area contributed by atoms with E-state index in [1.54, 1.807) is 0 Å². The fourth-order valence-corrected chi connectivity index (χ4v) is 4.23. The van der Waals surface area contributed by atoms with Gasteiger partial charge in [0.25, 0.3) is 5.91 Å². The van der Waals surface area contributed by atoms with Crippen molar-refractivity contribution in [2.45, 2.75) is 26.2 Å². The molecule has 0 spiro atoms. The van der Waals surface area contributed by atoms with E-state index in [9.17, 15) is 4.79 Å². The number of thiazole rings is 1. The first-order valence-corrected chi connectivity index (χ1v) is 9.87. The molecule has 3 rings (SSSR count). The van der Waals surface area contributed by atoms with Crippen molar-refractivity contribution in [3.05, 3.63) is 21.9 Å². The van der Waals surface area contributed by atoms with E-state index in [4.69, 9.17) is 5.73 Å². The Morgan fingerprint density at radius 1 is 1.29 bits per heavy atom. The third-order valence-electron chi connectivity index (χ3n) is 3.96. The smallest absolute Gasteiger partial charge is 0.273 e. The first-order valence-electron chi connectivity index (χ1n) is 8.22. The molecule has 3 heterocycles. The average Bonchev–Trinajstić information content (AvgIpc) is 3.19. The van der Waals surface area contributed by atoms with E-state index in [0.717, 1.165) is 54.9 Å². The fourth-order valence-electron chi connectivity index (χ4n) is 2.64. The maximum absolute atomic E-state index is 12.7. The standard InChI is InChI=1S/C15H22N6OS2/c1-2-12-18-15(24-19-12)21-7-3-6-20(8-9-21)14(22)11-10-23-13(17-11)4-5-16/h10H,2-9,16H2,1H3. The first-order chi connectivity index (χ1) is 11.7. The van der Waals surface area contributed by atoms with Gasteiger partial charge in [0.2, 0.25) is 5.13 Å². The number of carbonyl (C=O) groups excluding carboxylic acids is 1. The summed E-state index contributed by atoms with van der Waals surface area (Å²) in [5.74, 6) is 0.907. The minimum atomic E-state index is 0.0166. The molecule has 2 aromatic heterocycles. The number of aryl methyl sites for hydroxylation is 1. The van der Waals surface area contributed by atoms with Crippen LogP contribution in [0.4, 0.5) is 5.13 Å². The number of aromatic nitrogens is 3. The molecule has 1 amide bonds. The molecule has 0 radical (unpaired) electrons. The van der Waals surface area contributed by atoms with Crippen LogP contribution in [0.25, 0.3) is 0 Å². The summed E-state index contributed by atoms with van der Waals surface area (Å²) in [6, 6.07) is 0. The molecule has 130 valence electrons. The van der Waals surface area contributed by atoms with Crippen LogP contribution in [0.1, 0.15) is 34.7 Å². The Kier molecular flexibility index (Phi) is 5.75. The molecular weight excluding hydrogens is 344 g/mol. The number of nitrogens with two attached hydrogens (primary N) is 1. The zero-order valence-corrected chi connectivity index (χ0v) is 15.4. The Bertz CT molecular complexity index is 685. The van der Waals surface area contributed by atoms with Gasteiger partial charge in [-0.25, -0.2) is 9.97 Å². The van der Waals surface area contributed by atoms with Crippen molar-refractivity contribution in [2.75, 3.05) is 37.6 Å². The maximum Gasteiger partial charge on any atom is 0.273 e. The average molecular weight is 367 g/mol. The van der Waals surface area contributed by atoms with Gasteiger partial charge in [0, 0.05) is 55.9 Å². The molecule has 1 saturated heterocycles. The van der Waals surface area contributed by atoms with Gasteiger partial charge in [0.05, 0.1) is 5.01 Å². The zero-order chi connectivity index (χ0) is 16.9. The van der Waals surface area contributed by atoms with E-state index in [1.807, 2.05) is 10.3 Å². The Morgan fingerprint density at radius 3 is 2.92 bits per heavy atom. The van der Waals surface area contributed by atoms with E-state index in [1.165, 1.54) is 22.9 Å². The van der Waals surface area contributed by atoms with E-state index in [0.29, 0.717) is 18.8 Å². The van der Waals surface area contributed by atoms with Crippen molar-refractivity contribution in [1.82, 2.24) is 19.2 Å². The van der Waals surface area contributed by atoms with Crippen LogP contribution < -0.4 is 10.6 Å². The SMILES string of the molecule is CCc1nsc(N2CCCN(C(=O)c3csc(CCN)n3)CC2)n1. The van der Waals surface area contributed by atoms with Crippen LogP contribution in [0, 0.1) is 0 Å². The van der Waals surface area contributed by atoms with Crippen LogP contribution in [0.5, 0.6) is 0 Å². The number of carbonyl (C=O) groups is 1. The lowest BCUT2D eigenvalue weighted by molar-refractivity contribution is 0.0761. The van der Waals surface area contributed by atoms with Gasteiger partial charge in [-0.2, -0.15) is 4.37 Å². The number of amides is 1. The van der Waals surface area contributed by atoms with Crippen molar-refractivity contribution in [2.24, 2.45) is 5.73 Å². The lowest BCUT2D eigenvalue weighted by Gasteiger charge is -2.20. The number of hydrogen-bond acceptors (Lipinski definition) is 8. The third-order valence-corrected chi connectivity index (χ3v) is 5.68. The topological polar surface area (TPSA) is 88.2 Å². The second-order valence-corrected chi connectivity index (χ2v) is 7.32. The van der Waals surface area contributed by atoms with Gasteiger partial charge < -0.3 is 15.5 Å². The summed E-state index contributed by atoms with van der Waals surface area (Å²) in [7, 11) is 0. The predicted octanol–water partition coefficient (Wildman–Crippen LogP) is 1.41. The summed E-state index contributed by atoms with van der Waals surface area (Å²) in [4.78, 5) is 25.7. The Morgan fingerprint density at radius 2 is 2.17 bits per heavy atom. The third kappa shape index (κ3) is 3.90. The molecule has 0 unspecified atom stereocenters. The second-order valence-electron chi connectivity index (χ2n) is 5.64. The minimum absolute atomic E-state index is 0.0166. The van der Waals surface area contributed by atoms with E-state index in [-0.39, 0.29) is 5.91 Å². The van der Waals surface area contributed by atoms with E-state index < -0.39 is 0 Å². The largest absolute Gasteiger partial charge is 0.345 e. The van der Waals surface area contributed by atoms with Gasteiger partial charge in [-0.05, 0) is 13.0 Å². The lowest BCUT2D eigenvalue weighted by Crippen LogP contribution is -2.35. The number of hydrogen-bond donors (Lipinski definition) is 1. The molecule has 24 heavy (non-hydrogen) atoms. The van der Waals surface area contributed by atoms with Gasteiger partial charge in [0.15, 0.2) is 0 Å². The highest BCUT2D eigenvalue weighted by molar-refractivity contribution is 7.10. The molecule has 2 N–H and O–H groups in total. The summed E-state index contributed by atoms with van der Waals surface area (Å²) in [5, 5.41) is 3.73. The summed E-state index contributed by atoms with van der Waals surface area (Å²) in [6.45, 7) is 5.73. The van der Waals surface area contributed by atoms with Crippen molar-refractivity contribution in [3.63, 3.8) is 0 Å². The molecule has 9 heteroatoms. The number of anilines is 1. The van der Waals surface area contributed by atoms with Crippen LogP contribution in [0.15, 0.2) is 5.38 Å². The zero-order valence-electron chi connectivity index (χ0n) is 13.8. The van der Waals surface area contributed by atoms with Crippen LogP contribution in [0.2, 0.25) is 0 Å². The van der Waals surface area contributed by atoms with Gasteiger partial charge in [0.1, 0.15) is 11.5 Å². The monoisotopic (exact) mass is 366 g/mol. The van der Waals surface area contributed by atoms with Gasteiger partial charge in [-0.3, -0.25) is 4.79 Å². The Balaban J connectivity index is 1.62. The molecule has 2 aromatic rings. The van der Waals surface area contributed by atoms with Crippen molar-refractivity contribution >= 4 is 33.9 Å². The van der Waals surface area contributed by atoms with Crippen molar-refractivity contribution in [1.29, 1.82) is 0 Å². The maximum atomic E-state index is 12.7. The van der Waals surface area contributed by atoms with Crippen molar-refractivity contribution in [3.8, 4) is 0 Å². The molecular formula is C15H22N6OS2. The van der Waals surface area contributed by atoms with Crippen LogP contribution in [-0.4, -0.2) is 57.9 Å². The molecule has 1 fully saturated rings. The van der Waals surface area contributed by atoms with E-state index in [2.05, 4.69) is 26.2 Å². The van der Waals surface area contributed by atoms with Crippen LogP contribution >= 0.6 is 22.9 Å². The summed E-state index contributed by atoms with van der Waals surface area (Å²) < 4.78 is 4.35. The Labute approximate surface area is 149 Å². The number of nitrogens with zero attached hydrogens (tertiary/aromatic N) is 5. The van der Waals surface area contributed by atoms with Gasteiger partial charge in [-0.1, -0.05) is 6.92 Å². The van der Waals surface area contributed by atoms with Crippen LogP contribution in [0.3, 0.4) is 0 Å². The fraction of sp³-hybridized carbons (Fsp3) is 0.600. The highest BCUT2D eigenvalue weighted by atomic mass is 32.1. The molecule has 0 aromatic carbocycles. The summed E-state index contributed by atoms with van der Waals surface area (Å²) in [6.07, 6.45) is 2.50. The van der Waals surface area contributed by atoms with Gasteiger partial charge >= 0.3 is 0 Å². The second kappa shape index (κ2) is 8.00. The van der Waals surface area contributed by atoms with Crippen molar-refractivity contribution < 1.29 is 4.79 Å². The highest BCUT2D eigenvalue weighted by Gasteiger charge is 2.23. The van der Waals surface area contributed by atoms with E-state index >= 15 is 0 Å². The molecule has 0 saturated carbocycles. The van der Waals surface area contributed by atoms with Gasteiger partial charge in [-0.15, -0.1) is 11.3 Å². The molecule has 0 aliphatic carbocycles. The molecule has 7 nitrogen and oxygen atoms in total. The molecule has 0 atom stereocenters. The predicted molar refractivity (Wildman–Crippen MR) is 96.9 cm³/mol. The highest BCUT2D eigenvalue weighted by Crippen LogP contribution is 2.20. The van der Waals surface area contributed by atoms with Crippen LogP contribution in [-0.2, 0) is 12.8 Å². The summed E-state index contributed by atoms with van der Waals surface area (Å²) in [5.41, 5.74) is 6.09. The Hall–Kier alpha value is -1.58. The normalized spacial score (nSPS) is 15.6. The quantitative estimate of drug-likeness (QED) is 0.861. The summed E-state index contributed by atoms with van der Waals surface area (Å²) >= 11 is 2.95. The lowest BCUT2D eigenvalue weighted by atomic mass is 10.3. The molecule has 1 aliphatic heterocycles. The molecule has 1 aliphatic rings. The first kappa shape index (κ1) is 17.2.